The molecule has 1 aliphatic heterocycles. The van der Waals surface area contributed by atoms with E-state index >= 15 is 0 Å². The van der Waals surface area contributed by atoms with Gasteiger partial charge in [-0.05, 0) is 18.2 Å². The van der Waals surface area contributed by atoms with Gasteiger partial charge in [-0.25, -0.2) is 8.42 Å². The Morgan fingerprint density at radius 1 is 0.931 bits per heavy atom. The third-order valence-electron chi connectivity index (χ3n) is 4.73. The summed E-state index contributed by atoms with van der Waals surface area (Å²) in [7, 11) is -4.36. The minimum atomic E-state index is -4.36. The van der Waals surface area contributed by atoms with Gasteiger partial charge in [0, 0.05) is 29.2 Å². The number of ketones is 2. The SMILES string of the molecule is O=C1C(N2CCOCC2)=C(S(=O)(=O)Nc2cccc(Cl)c2)C(=O)c2ccccc21. The van der Waals surface area contributed by atoms with Crippen molar-refractivity contribution < 1.29 is 22.7 Å². The Labute approximate surface area is 173 Å². The van der Waals surface area contributed by atoms with E-state index in [1.165, 1.54) is 24.3 Å². The van der Waals surface area contributed by atoms with Crippen LogP contribution in [-0.4, -0.2) is 51.2 Å². The molecule has 0 saturated carbocycles. The first-order chi connectivity index (χ1) is 13.9. The van der Waals surface area contributed by atoms with Gasteiger partial charge in [0.15, 0.2) is 4.91 Å². The Morgan fingerprint density at radius 2 is 1.59 bits per heavy atom. The number of ether oxygens (including phenoxy) is 1. The molecule has 150 valence electrons. The number of anilines is 1. The average Bonchev–Trinajstić information content (AvgIpc) is 2.70. The fraction of sp³-hybridized carbons (Fsp3) is 0.200. The Balaban J connectivity index is 1.87. The molecule has 0 radical (unpaired) electrons. The zero-order valence-corrected chi connectivity index (χ0v) is 16.8. The van der Waals surface area contributed by atoms with Gasteiger partial charge in [-0.1, -0.05) is 41.9 Å². The van der Waals surface area contributed by atoms with Gasteiger partial charge in [0.25, 0.3) is 10.0 Å². The first kappa shape index (κ1) is 19.6. The van der Waals surface area contributed by atoms with Crippen molar-refractivity contribution in [3.8, 4) is 0 Å². The zero-order chi connectivity index (χ0) is 20.6. The number of hydrogen-bond acceptors (Lipinski definition) is 6. The van der Waals surface area contributed by atoms with E-state index in [9.17, 15) is 18.0 Å². The van der Waals surface area contributed by atoms with Crippen molar-refractivity contribution in [2.75, 3.05) is 31.0 Å². The highest BCUT2D eigenvalue weighted by Gasteiger charge is 2.41. The highest BCUT2D eigenvalue weighted by molar-refractivity contribution is 7.97. The van der Waals surface area contributed by atoms with Crippen LogP contribution in [0, 0.1) is 0 Å². The fourth-order valence-corrected chi connectivity index (χ4v) is 4.98. The number of nitrogens with zero attached hydrogens (tertiary/aromatic N) is 1. The number of carbonyl (C=O) groups excluding carboxylic acids is 2. The summed E-state index contributed by atoms with van der Waals surface area (Å²) in [5, 5.41) is 0.337. The van der Waals surface area contributed by atoms with Gasteiger partial charge in [0.2, 0.25) is 11.6 Å². The number of rotatable bonds is 4. The molecule has 0 spiro atoms. The lowest BCUT2D eigenvalue weighted by atomic mass is 9.91. The number of allylic oxidation sites excluding steroid dienone is 2. The number of morpholine rings is 1. The van der Waals surface area contributed by atoms with E-state index in [1.807, 2.05) is 0 Å². The van der Waals surface area contributed by atoms with Crippen LogP contribution >= 0.6 is 11.6 Å². The molecule has 1 heterocycles. The summed E-state index contributed by atoms with van der Waals surface area (Å²) in [5.41, 5.74) is 0.346. The predicted octanol–water partition coefficient (Wildman–Crippen LogP) is 2.70. The third-order valence-corrected chi connectivity index (χ3v) is 6.38. The van der Waals surface area contributed by atoms with E-state index in [0.717, 1.165) is 0 Å². The first-order valence-electron chi connectivity index (χ1n) is 8.92. The van der Waals surface area contributed by atoms with Crippen LogP contribution in [0.4, 0.5) is 5.69 Å². The third kappa shape index (κ3) is 3.66. The predicted molar refractivity (Wildman–Crippen MR) is 109 cm³/mol. The maximum absolute atomic E-state index is 13.2. The minimum Gasteiger partial charge on any atom is -0.378 e. The number of nitrogens with one attached hydrogen (secondary N) is 1. The van der Waals surface area contributed by atoms with Gasteiger partial charge >= 0.3 is 0 Å². The highest BCUT2D eigenvalue weighted by atomic mass is 35.5. The van der Waals surface area contributed by atoms with Crippen LogP contribution in [0.5, 0.6) is 0 Å². The number of sulfonamides is 1. The van der Waals surface area contributed by atoms with Gasteiger partial charge in [-0.3, -0.25) is 14.3 Å². The fourth-order valence-electron chi connectivity index (χ4n) is 3.42. The number of fused-ring (bicyclic) bond motifs is 1. The lowest BCUT2D eigenvalue weighted by Gasteiger charge is -2.33. The number of hydrogen-bond donors (Lipinski definition) is 1. The number of halogens is 1. The van der Waals surface area contributed by atoms with Crippen LogP contribution in [0.15, 0.2) is 59.1 Å². The van der Waals surface area contributed by atoms with E-state index in [1.54, 1.807) is 29.2 Å². The molecular weight excluding hydrogens is 416 g/mol. The maximum Gasteiger partial charge on any atom is 0.268 e. The van der Waals surface area contributed by atoms with Crippen LogP contribution in [0.3, 0.4) is 0 Å². The molecule has 0 aromatic heterocycles. The molecule has 0 unspecified atom stereocenters. The summed E-state index contributed by atoms with van der Waals surface area (Å²) >= 11 is 5.94. The van der Waals surface area contributed by atoms with E-state index < -0.39 is 26.5 Å². The van der Waals surface area contributed by atoms with Gasteiger partial charge in [0.05, 0.1) is 18.9 Å². The lowest BCUT2D eigenvalue weighted by Crippen LogP contribution is -2.43. The van der Waals surface area contributed by atoms with Crippen LogP contribution in [0.1, 0.15) is 20.7 Å². The molecule has 0 bridgehead atoms. The zero-order valence-electron chi connectivity index (χ0n) is 15.2. The molecule has 0 atom stereocenters. The highest BCUT2D eigenvalue weighted by Crippen LogP contribution is 2.32. The lowest BCUT2D eigenvalue weighted by molar-refractivity contribution is 0.0499. The second kappa shape index (κ2) is 7.62. The summed E-state index contributed by atoms with van der Waals surface area (Å²) in [5.74, 6) is -1.20. The molecule has 2 aliphatic rings. The molecule has 29 heavy (non-hydrogen) atoms. The number of carbonyl (C=O) groups is 2. The van der Waals surface area contributed by atoms with E-state index in [2.05, 4.69) is 4.72 Å². The molecule has 1 aliphatic carbocycles. The van der Waals surface area contributed by atoms with Crippen molar-refractivity contribution in [2.24, 2.45) is 0 Å². The topological polar surface area (TPSA) is 92.8 Å². The Morgan fingerprint density at radius 3 is 2.24 bits per heavy atom. The molecule has 2 aromatic rings. The molecule has 7 nitrogen and oxygen atoms in total. The van der Waals surface area contributed by atoms with Crippen LogP contribution in [0.25, 0.3) is 0 Å². The second-order valence-electron chi connectivity index (χ2n) is 6.60. The van der Waals surface area contributed by atoms with E-state index in [-0.39, 0.29) is 22.5 Å². The van der Waals surface area contributed by atoms with E-state index in [4.69, 9.17) is 16.3 Å². The van der Waals surface area contributed by atoms with Gasteiger partial charge in [0.1, 0.15) is 5.70 Å². The van der Waals surface area contributed by atoms with Crippen LogP contribution in [-0.2, 0) is 14.8 Å². The number of Topliss-reactive ketones (excluding diaryl/α,β-unsaturated/α-hetero) is 2. The smallest absolute Gasteiger partial charge is 0.268 e. The largest absolute Gasteiger partial charge is 0.378 e. The van der Waals surface area contributed by atoms with Crippen molar-refractivity contribution in [3.63, 3.8) is 0 Å². The maximum atomic E-state index is 13.2. The van der Waals surface area contributed by atoms with Crippen LogP contribution in [0.2, 0.25) is 5.02 Å². The standard InChI is InChI=1S/C20H17ClN2O5S/c21-13-4-3-5-14(12-13)22-29(26,27)20-17(23-8-10-28-11-9-23)18(24)15-6-1-2-7-16(15)19(20)25/h1-7,12,22H,8-11H2. The van der Waals surface area contributed by atoms with Crippen molar-refractivity contribution >= 4 is 38.9 Å². The summed E-state index contributed by atoms with van der Waals surface area (Å²) in [4.78, 5) is 27.5. The molecular formula is C20H17ClN2O5S. The Kier molecular flexibility index (Phi) is 5.16. The summed E-state index contributed by atoms with van der Waals surface area (Å²) in [6.07, 6.45) is 0. The average molecular weight is 433 g/mol. The quantitative estimate of drug-likeness (QED) is 0.798. The summed E-state index contributed by atoms with van der Waals surface area (Å²) in [6, 6.07) is 12.4. The summed E-state index contributed by atoms with van der Waals surface area (Å²) < 4.78 is 34.2. The van der Waals surface area contributed by atoms with Crippen molar-refractivity contribution in [2.45, 2.75) is 0 Å². The molecule has 9 heteroatoms. The molecule has 1 fully saturated rings. The van der Waals surface area contributed by atoms with Gasteiger partial charge in [-0.15, -0.1) is 0 Å². The molecule has 1 N–H and O–H groups in total. The monoisotopic (exact) mass is 432 g/mol. The molecule has 2 aromatic carbocycles. The van der Waals surface area contributed by atoms with Gasteiger partial charge in [-0.2, -0.15) is 0 Å². The molecule has 4 rings (SSSR count). The summed E-state index contributed by atoms with van der Waals surface area (Å²) in [6.45, 7) is 1.29. The molecule has 0 amide bonds. The van der Waals surface area contributed by atoms with Gasteiger partial charge < -0.3 is 9.64 Å². The Hall–Kier alpha value is -2.68. The molecule has 1 saturated heterocycles. The normalized spacial score (nSPS) is 17.3. The Bertz CT molecular complexity index is 1140. The second-order valence-corrected chi connectivity index (χ2v) is 8.65. The van der Waals surface area contributed by atoms with Crippen LogP contribution < -0.4 is 4.72 Å². The van der Waals surface area contributed by atoms with Crippen molar-refractivity contribution in [3.05, 3.63) is 75.3 Å². The number of benzene rings is 2. The first-order valence-corrected chi connectivity index (χ1v) is 10.8. The van der Waals surface area contributed by atoms with Crippen molar-refractivity contribution in [1.29, 1.82) is 0 Å². The minimum absolute atomic E-state index is 0.0704. The van der Waals surface area contributed by atoms with E-state index in [0.29, 0.717) is 31.3 Å². The van der Waals surface area contributed by atoms with Crippen molar-refractivity contribution in [1.82, 2.24) is 4.90 Å².